The molecule has 0 aliphatic carbocycles. The molecule has 0 aromatic carbocycles. The van der Waals surface area contributed by atoms with Crippen LogP contribution in [0.4, 0.5) is 0 Å². The number of likely N-dealkylation sites (N-methyl/N-ethyl adjacent to an activating group) is 1. The average molecular weight is 184 g/mol. The van der Waals surface area contributed by atoms with Crippen LogP contribution in [-0.2, 0) is 0 Å². The zero-order chi connectivity index (χ0) is 8.97. The topological polar surface area (TPSA) is 38.0 Å². The van der Waals surface area contributed by atoms with Gasteiger partial charge in [0.25, 0.3) is 0 Å². The van der Waals surface area contributed by atoms with Gasteiger partial charge >= 0.3 is 0 Å². The zero-order valence-electron chi connectivity index (χ0n) is 7.63. The van der Waals surface area contributed by atoms with Crippen LogP contribution >= 0.6 is 11.3 Å². The third kappa shape index (κ3) is 2.06. The highest BCUT2D eigenvalue weighted by atomic mass is 32.1. The van der Waals surface area contributed by atoms with E-state index in [1.807, 2.05) is 7.05 Å². The van der Waals surface area contributed by atoms with E-state index in [0.717, 1.165) is 13.1 Å². The molecule has 1 atom stereocenters. The van der Waals surface area contributed by atoms with E-state index in [4.69, 9.17) is 5.73 Å². The monoisotopic (exact) mass is 184 g/mol. The minimum Gasteiger partial charge on any atom is -0.330 e. The van der Waals surface area contributed by atoms with E-state index in [1.54, 1.807) is 11.3 Å². The molecule has 0 radical (unpaired) electrons. The summed E-state index contributed by atoms with van der Waals surface area (Å²) in [6.45, 7) is 3.84. The van der Waals surface area contributed by atoms with Gasteiger partial charge in [0, 0.05) is 23.9 Å². The van der Waals surface area contributed by atoms with Gasteiger partial charge in [-0.15, -0.1) is 11.3 Å². The number of hydrogen-bond donors (Lipinski definition) is 2. The van der Waals surface area contributed by atoms with Crippen molar-refractivity contribution in [3.63, 3.8) is 0 Å². The second-order valence-corrected chi connectivity index (χ2v) is 4.04. The summed E-state index contributed by atoms with van der Waals surface area (Å²) in [6, 6.07) is 2.18. The fourth-order valence-corrected chi connectivity index (χ4v) is 2.17. The van der Waals surface area contributed by atoms with E-state index >= 15 is 0 Å². The van der Waals surface area contributed by atoms with Crippen molar-refractivity contribution in [2.45, 2.75) is 12.8 Å². The predicted molar refractivity (Wildman–Crippen MR) is 54.8 cm³/mol. The lowest BCUT2D eigenvalue weighted by atomic mass is 10.0. The van der Waals surface area contributed by atoms with E-state index < -0.39 is 0 Å². The molecule has 2 nitrogen and oxygen atoms in total. The third-order valence-electron chi connectivity index (χ3n) is 2.07. The molecule has 0 saturated heterocycles. The molecular weight excluding hydrogens is 168 g/mol. The second-order valence-electron chi connectivity index (χ2n) is 2.92. The highest BCUT2D eigenvalue weighted by molar-refractivity contribution is 7.10. The highest BCUT2D eigenvalue weighted by Gasteiger charge is 2.11. The lowest BCUT2D eigenvalue weighted by Gasteiger charge is -2.13. The molecule has 0 aliphatic heterocycles. The highest BCUT2D eigenvalue weighted by Crippen LogP contribution is 2.22. The molecule has 3 heteroatoms. The number of thiophene rings is 1. The summed E-state index contributed by atoms with van der Waals surface area (Å²) in [5.41, 5.74) is 7.08. The van der Waals surface area contributed by atoms with Crippen molar-refractivity contribution in [2.24, 2.45) is 5.73 Å². The Hall–Kier alpha value is -0.380. The Morgan fingerprint density at radius 2 is 2.42 bits per heavy atom. The summed E-state index contributed by atoms with van der Waals surface area (Å²) in [5.74, 6) is 0.473. The molecule has 1 rings (SSSR count). The van der Waals surface area contributed by atoms with Crippen LogP contribution in [0.2, 0.25) is 0 Å². The largest absolute Gasteiger partial charge is 0.330 e. The van der Waals surface area contributed by atoms with Crippen LogP contribution in [0.15, 0.2) is 11.4 Å². The number of hydrogen-bond acceptors (Lipinski definition) is 3. The first kappa shape index (κ1) is 9.71. The van der Waals surface area contributed by atoms with Crippen LogP contribution < -0.4 is 11.1 Å². The Morgan fingerprint density at radius 3 is 2.83 bits per heavy atom. The van der Waals surface area contributed by atoms with Crippen molar-refractivity contribution in [1.29, 1.82) is 0 Å². The van der Waals surface area contributed by atoms with Gasteiger partial charge in [0.2, 0.25) is 0 Å². The van der Waals surface area contributed by atoms with E-state index in [9.17, 15) is 0 Å². The van der Waals surface area contributed by atoms with Crippen molar-refractivity contribution in [3.05, 3.63) is 21.9 Å². The van der Waals surface area contributed by atoms with Crippen molar-refractivity contribution < 1.29 is 0 Å². The summed E-state index contributed by atoms with van der Waals surface area (Å²) in [7, 11) is 1.96. The Bertz CT molecular complexity index is 232. The minimum atomic E-state index is 0.473. The van der Waals surface area contributed by atoms with Gasteiger partial charge in [0.15, 0.2) is 0 Å². The molecule has 0 spiro atoms. The van der Waals surface area contributed by atoms with Gasteiger partial charge in [-0.05, 0) is 31.0 Å². The van der Waals surface area contributed by atoms with Gasteiger partial charge in [-0.3, -0.25) is 0 Å². The summed E-state index contributed by atoms with van der Waals surface area (Å²) in [4.78, 5) is 1.39. The normalized spacial score (nSPS) is 13.2. The van der Waals surface area contributed by atoms with Crippen LogP contribution in [0, 0.1) is 6.92 Å². The van der Waals surface area contributed by atoms with Gasteiger partial charge in [0.1, 0.15) is 0 Å². The van der Waals surface area contributed by atoms with E-state index in [1.165, 1.54) is 10.4 Å². The number of nitrogens with one attached hydrogen (secondary N) is 1. The Balaban J connectivity index is 2.72. The smallest absolute Gasteiger partial charge is 0.00970 e. The molecule has 1 aromatic rings. The van der Waals surface area contributed by atoms with Crippen LogP contribution in [-0.4, -0.2) is 20.1 Å². The van der Waals surface area contributed by atoms with E-state index in [-0.39, 0.29) is 0 Å². The summed E-state index contributed by atoms with van der Waals surface area (Å²) in [6.07, 6.45) is 0. The molecule has 3 N–H and O–H groups in total. The van der Waals surface area contributed by atoms with Crippen LogP contribution in [0.1, 0.15) is 16.4 Å². The molecule has 1 heterocycles. The summed E-state index contributed by atoms with van der Waals surface area (Å²) < 4.78 is 0. The van der Waals surface area contributed by atoms with Crippen molar-refractivity contribution >= 4 is 11.3 Å². The quantitative estimate of drug-likeness (QED) is 0.740. The average Bonchev–Trinajstić information content (AvgIpc) is 2.47. The third-order valence-corrected chi connectivity index (χ3v) is 2.94. The van der Waals surface area contributed by atoms with Crippen LogP contribution in [0.3, 0.4) is 0 Å². The number of aryl methyl sites for hydroxylation is 1. The maximum absolute atomic E-state index is 5.68. The number of rotatable bonds is 4. The van der Waals surface area contributed by atoms with Gasteiger partial charge in [0.05, 0.1) is 0 Å². The van der Waals surface area contributed by atoms with Crippen LogP contribution in [0.5, 0.6) is 0 Å². The molecular formula is C9H16N2S. The summed E-state index contributed by atoms with van der Waals surface area (Å²) in [5, 5.41) is 5.29. The molecule has 1 unspecified atom stereocenters. The first-order valence-corrected chi connectivity index (χ1v) is 5.06. The van der Waals surface area contributed by atoms with E-state index in [2.05, 4.69) is 23.7 Å². The fourth-order valence-electron chi connectivity index (χ4n) is 1.38. The van der Waals surface area contributed by atoms with E-state index in [0.29, 0.717) is 5.92 Å². The van der Waals surface area contributed by atoms with Gasteiger partial charge in [-0.1, -0.05) is 0 Å². The first-order chi connectivity index (χ1) is 5.79. The Morgan fingerprint density at radius 1 is 1.67 bits per heavy atom. The van der Waals surface area contributed by atoms with Gasteiger partial charge in [-0.25, -0.2) is 0 Å². The zero-order valence-corrected chi connectivity index (χ0v) is 8.45. The fraction of sp³-hybridized carbons (Fsp3) is 0.556. The molecule has 0 bridgehead atoms. The molecule has 68 valence electrons. The van der Waals surface area contributed by atoms with Crippen molar-refractivity contribution in [2.75, 3.05) is 20.1 Å². The maximum atomic E-state index is 5.68. The molecule has 0 amide bonds. The lowest BCUT2D eigenvalue weighted by Crippen LogP contribution is -2.24. The molecule has 0 saturated carbocycles. The molecule has 12 heavy (non-hydrogen) atoms. The summed E-state index contributed by atoms with van der Waals surface area (Å²) >= 11 is 1.79. The standard InChI is InChI=1S/C9H16N2S/c1-7-9(3-4-12-7)8(5-10)6-11-2/h3-4,8,11H,5-6,10H2,1-2H3. The molecule has 0 fully saturated rings. The maximum Gasteiger partial charge on any atom is 0.00970 e. The first-order valence-electron chi connectivity index (χ1n) is 4.18. The van der Waals surface area contributed by atoms with Crippen molar-refractivity contribution in [1.82, 2.24) is 5.32 Å². The minimum absolute atomic E-state index is 0.473. The van der Waals surface area contributed by atoms with Gasteiger partial charge < -0.3 is 11.1 Å². The Kier molecular flexibility index (Phi) is 3.72. The van der Waals surface area contributed by atoms with Crippen LogP contribution in [0.25, 0.3) is 0 Å². The predicted octanol–water partition coefficient (Wildman–Crippen LogP) is 1.32. The number of nitrogens with two attached hydrogens (primary N) is 1. The SMILES string of the molecule is CNCC(CN)c1ccsc1C. The Labute approximate surface area is 77.8 Å². The lowest BCUT2D eigenvalue weighted by molar-refractivity contribution is 0.636. The van der Waals surface area contributed by atoms with Gasteiger partial charge in [-0.2, -0.15) is 0 Å². The second kappa shape index (κ2) is 4.60. The molecule has 0 aliphatic rings. The molecule has 1 aromatic heterocycles. The van der Waals surface area contributed by atoms with Crippen molar-refractivity contribution in [3.8, 4) is 0 Å².